The lowest BCUT2D eigenvalue weighted by Crippen LogP contribution is -2.50. The molecule has 0 fully saturated rings. The molecule has 270 valence electrons. The van der Waals surface area contributed by atoms with Crippen molar-refractivity contribution in [1.82, 2.24) is 14.9 Å². The lowest BCUT2D eigenvalue weighted by Gasteiger charge is -2.27. The van der Waals surface area contributed by atoms with E-state index in [1.807, 2.05) is 69.3 Å². The number of nitrogens with one attached hydrogen (secondary N) is 2. The van der Waals surface area contributed by atoms with E-state index in [4.69, 9.17) is 14.2 Å². The Kier molecular flexibility index (Phi) is 12.2. The largest absolute Gasteiger partial charge is 0.488 e. The summed E-state index contributed by atoms with van der Waals surface area (Å²) in [7, 11) is -4.23. The number of fused-ring (bicyclic) bond motifs is 3. The predicted octanol–water partition coefficient (Wildman–Crippen LogP) is 5.55. The van der Waals surface area contributed by atoms with Gasteiger partial charge in [0.15, 0.2) is 0 Å². The number of hydrogen-bond acceptors (Lipinski definition) is 8. The molecule has 1 aliphatic carbocycles. The van der Waals surface area contributed by atoms with Gasteiger partial charge >= 0.3 is 18.2 Å². The molecule has 0 spiro atoms. The number of benzene rings is 3. The quantitative estimate of drug-likeness (QED) is 0.195. The molecule has 0 heterocycles. The van der Waals surface area contributed by atoms with Gasteiger partial charge in [0.05, 0.1) is 11.8 Å². The summed E-state index contributed by atoms with van der Waals surface area (Å²) in [5, 5.41) is 14.8. The van der Waals surface area contributed by atoms with Crippen LogP contribution in [0.15, 0.2) is 72.8 Å². The van der Waals surface area contributed by atoms with Gasteiger partial charge in [-0.15, -0.1) is 0 Å². The van der Waals surface area contributed by atoms with E-state index < -0.39 is 57.7 Å². The fraction of sp³-hybridized carbons (Fsp3) is 0.432. The summed E-state index contributed by atoms with van der Waals surface area (Å²) in [5.74, 6) is -1.52. The second-order valence-corrected chi connectivity index (χ2v) is 16.2. The molecule has 0 saturated heterocycles. The van der Waals surface area contributed by atoms with Crippen LogP contribution in [0.4, 0.5) is 9.59 Å². The minimum absolute atomic E-state index is 0.0406. The van der Waals surface area contributed by atoms with Gasteiger partial charge in [-0.1, -0.05) is 60.7 Å². The third kappa shape index (κ3) is 11.2. The maximum absolute atomic E-state index is 13.4. The highest BCUT2D eigenvalue weighted by Crippen LogP contribution is 2.44. The second-order valence-electron chi connectivity index (χ2n) is 14.2. The lowest BCUT2D eigenvalue weighted by atomic mass is 9.98. The monoisotopic (exact) mass is 709 g/mol. The molecule has 2 amide bonds. The first-order valence-electron chi connectivity index (χ1n) is 16.5. The number of carboxylic acid groups (broad SMARTS) is 1. The first kappa shape index (κ1) is 38.2. The summed E-state index contributed by atoms with van der Waals surface area (Å²) in [6, 6.07) is 22.1. The molecule has 3 aromatic rings. The van der Waals surface area contributed by atoms with Crippen molar-refractivity contribution in [1.29, 1.82) is 0 Å². The number of nitrogens with zero attached hydrogens (tertiary/aromatic N) is 1. The normalized spacial score (nSPS) is 13.6. The molecule has 0 saturated carbocycles. The zero-order valence-electron chi connectivity index (χ0n) is 29.4. The minimum atomic E-state index is -4.23. The average Bonchev–Trinajstić information content (AvgIpc) is 3.32. The second kappa shape index (κ2) is 15.9. The van der Waals surface area contributed by atoms with Gasteiger partial charge in [0.25, 0.3) is 0 Å². The zero-order valence-corrected chi connectivity index (χ0v) is 30.2. The Morgan fingerprint density at radius 3 is 1.96 bits per heavy atom. The van der Waals surface area contributed by atoms with Crippen LogP contribution in [0.2, 0.25) is 0 Å². The van der Waals surface area contributed by atoms with Gasteiger partial charge in [-0.05, 0) is 87.9 Å². The smallest absolute Gasteiger partial charge is 0.407 e. The standard InChI is InChI=1S/C37H47N3O9S/c1-36(2,3)48-27-17-15-25(16-18-27)21-26(22-40(23-33(41)42)50(45,46)20-19-38-34(43)49-37(4,5)6)39-35(44)47-24-32-30-13-9-7-11-28(30)29-12-8-10-14-31(29)32/h7-18,26,32H,19-24H2,1-6H3,(H,38,43)(H,39,44)(H,41,42). The third-order valence-electron chi connectivity index (χ3n) is 7.65. The minimum Gasteiger partial charge on any atom is -0.488 e. The Morgan fingerprint density at radius 1 is 0.840 bits per heavy atom. The fourth-order valence-electron chi connectivity index (χ4n) is 5.70. The van der Waals surface area contributed by atoms with Crippen LogP contribution in [0.5, 0.6) is 5.75 Å². The Labute approximate surface area is 294 Å². The molecule has 1 atom stereocenters. The molecule has 0 radical (unpaired) electrons. The Balaban J connectivity index is 1.51. The first-order valence-corrected chi connectivity index (χ1v) is 18.1. The summed E-state index contributed by atoms with van der Waals surface area (Å²) < 4.78 is 44.5. The molecule has 12 nitrogen and oxygen atoms in total. The van der Waals surface area contributed by atoms with Crippen molar-refractivity contribution in [2.45, 2.75) is 71.1 Å². The predicted molar refractivity (Wildman–Crippen MR) is 190 cm³/mol. The molecule has 1 unspecified atom stereocenters. The molecule has 13 heteroatoms. The number of carbonyl (C=O) groups is 3. The summed E-state index contributed by atoms with van der Waals surface area (Å²) in [6.45, 7) is 9.31. The van der Waals surface area contributed by atoms with Gasteiger partial charge in [0, 0.05) is 19.0 Å². The van der Waals surface area contributed by atoms with Gasteiger partial charge in [0.2, 0.25) is 10.0 Å². The van der Waals surface area contributed by atoms with E-state index in [1.165, 1.54) is 0 Å². The number of aliphatic carboxylic acids is 1. The van der Waals surface area contributed by atoms with E-state index in [0.29, 0.717) is 5.75 Å². The summed E-state index contributed by atoms with van der Waals surface area (Å²) in [6.07, 6.45) is -1.42. The number of rotatable bonds is 14. The highest BCUT2D eigenvalue weighted by atomic mass is 32.2. The third-order valence-corrected chi connectivity index (χ3v) is 9.44. The van der Waals surface area contributed by atoms with Crippen LogP contribution in [0.3, 0.4) is 0 Å². The number of carboxylic acids is 1. The Hall–Kier alpha value is -4.62. The van der Waals surface area contributed by atoms with Crippen LogP contribution in [0.1, 0.15) is 64.2 Å². The van der Waals surface area contributed by atoms with E-state index in [-0.39, 0.29) is 32.0 Å². The summed E-state index contributed by atoms with van der Waals surface area (Å²) >= 11 is 0. The van der Waals surface area contributed by atoms with E-state index >= 15 is 0 Å². The van der Waals surface area contributed by atoms with Crippen LogP contribution in [-0.4, -0.2) is 85.2 Å². The van der Waals surface area contributed by atoms with Crippen molar-refractivity contribution in [3.05, 3.63) is 89.5 Å². The molecular formula is C37H47N3O9S. The van der Waals surface area contributed by atoms with Crippen molar-refractivity contribution >= 4 is 28.2 Å². The summed E-state index contributed by atoms with van der Waals surface area (Å²) in [4.78, 5) is 37.3. The molecule has 4 rings (SSSR count). The highest BCUT2D eigenvalue weighted by Gasteiger charge is 2.31. The van der Waals surface area contributed by atoms with Gasteiger partial charge < -0.3 is 30.0 Å². The molecular weight excluding hydrogens is 662 g/mol. The van der Waals surface area contributed by atoms with Gasteiger partial charge in [-0.3, -0.25) is 4.79 Å². The van der Waals surface area contributed by atoms with Crippen LogP contribution in [0.25, 0.3) is 11.1 Å². The molecule has 0 bridgehead atoms. The number of amides is 2. The number of ether oxygens (including phenoxy) is 3. The molecule has 0 aromatic heterocycles. The SMILES string of the molecule is CC(C)(C)OC(=O)NCCS(=O)(=O)N(CC(=O)O)CC(Cc1ccc(OC(C)(C)C)cc1)NC(=O)OCC1c2ccccc2-c2ccccc21. The number of sulfonamides is 1. The van der Waals surface area contributed by atoms with Crippen molar-refractivity contribution < 1.29 is 42.1 Å². The van der Waals surface area contributed by atoms with E-state index in [0.717, 1.165) is 32.1 Å². The first-order chi connectivity index (χ1) is 23.4. The highest BCUT2D eigenvalue weighted by molar-refractivity contribution is 7.89. The maximum atomic E-state index is 13.4. The molecule has 3 N–H and O–H groups in total. The van der Waals surface area contributed by atoms with Crippen LogP contribution in [-0.2, 0) is 30.7 Å². The van der Waals surface area contributed by atoms with Crippen LogP contribution < -0.4 is 15.4 Å². The fourth-order valence-corrected chi connectivity index (χ4v) is 7.03. The van der Waals surface area contributed by atoms with E-state index in [9.17, 15) is 27.9 Å². The van der Waals surface area contributed by atoms with Crippen LogP contribution >= 0.6 is 0 Å². The van der Waals surface area contributed by atoms with Gasteiger partial charge in [0.1, 0.15) is 30.1 Å². The van der Waals surface area contributed by atoms with Crippen molar-refractivity contribution in [3.8, 4) is 16.9 Å². The van der Waals surface area contributed by atoms with Crippen molar-refractivity contribution in [2.75, 3.05) is 32.0 Å². The van der Waals surface area contributed by atoms with Gasteiger partial charge in [-0.2, -0.15) is 4.31 Å². The average molecular weight is 710 g/mol. The Bertz CT molecular complexity index is 1720. The molecule has 0 aliphatic heterocycles. The number of hydrogen-bond donors (Lipinski definition) is 3. The van der Waals surface area contributed by atoms with Crippen molar-refractivity contribution in [3.63, 3.8) is 0 Å². The topological polar surface area (TPSA) is 161 Å². The molecule has 50 heavy (non-hydrogen) atoms. The molecule has 3 aromatic carbocycles. The van der Waals surface area contributed by atoms with E-state index in [2.05, 4.69) is 10.6 Å². The number of carbonyl (C=O) groups excluding carboxylic acids is 2. The molecule has 1 aliphatic rings. The number of alkyl carbamates (subject to hydrolysis) is 2. The van der Waals surface area contributed by atoms with Crippen molar-refractivity contribution in [2.24, 2.45) is 0 Å². The lowest BCUT2D eigenvalue weighted by molar-refractivity contribution is -0.137. The zero-order chi connectivity index (χ0) is 36.7. The van der Waals surface area contributed by atoms with Crippen LogP contribution in [0, 0.1) is 0 Å². The summed E-state index contributed by atoms with van der Waals surface area (Å²) in [5.41, 5.74) is 3.76. The Morgan fingerprint density at radius 2 is 1.42 bits per heavy atom. The van der Waals surface area contributed by atoms with Gasteiger partial charge in [-0.25, -0.2) is 18.0 Å². The maximum Gasteiger partial charge on any atom is 0.407 e. The van der Waals surface area contributed by atoms with E-state index in [1.54, 1.807) is 45.0 Å².